The second kappa shape index (κ2) is 8.58. The van der Waals surface area contributed by atoms with Gasteiger partial charge in [-0.2, -0.15) is 5.26 Å². The van der Waals surface area contributed by atoms with Crippen LogP contribution in [0.5, 0.6) is 0 Å². The molecule has 0 unspecified atom stereocenters. The normalized spacial score (nSPS) is 11.0. The number of anilines is 1. The predicted octanol–water partition coefficient (Wildman–Crippen LogP) is 4.47. The molecule has 3 aromatic heterocycles. The number of esters is 1. The van der Waals surface area contributed by atoms with Crippen molar-refractivity contribution in [2.24, 2.45) is 0 Å². The van der Waals surface area contributed by atoms with Gasteiger partial charge < -0.3 is 10.1 Å². The molecule has 1 amide bonds. The summed E-state index contributed by atoms with van der Waals surface area (Å²) < 4.78 is 5.17. The quantitative estimate of drug-likeness (QED) is 0.489. The maximum atomic E-state index is 12.5. The van der Waals surface area contributed by atoms with Gasteiger partial charge in [-0.1, -0.05) is 12.1 Å². The Kier molecular flexibility index (Phi) is 5.96. The Labute approximate surface area is 161 Å². The lowest BCUT2D eigenvalue weighted by molar-refractivity contribution is -0.141. The Morgan fingerprint density at radius 3 is 2.62 bits per heavy atom. The van der Waals surface area contributed by atoms with Gasteiger partial charge in [0.25, 0.3) is 5.91 Å². The first kappa shape index (κ1) is 18.1. The molecule has 0 fully saturated rings. The van der Waals surface area contributed by atoms with Crippen LogP contribution < -0.4 is 5.32 Å². The molecule has 0 atom stereocenters. The minimum absolute atomic E-state index is 0.381. The molecule has 0 aliphatic carbocycles. The lowest BCUT2D eigenvalue weighted by atomic mass is 10.2. The number of nitrogens with one attached hydrogen (secondary N) is 1. The van der Waals surface area contributed by atoms with E-state index in [9.17, 15) is 9.59 Å². The average Bonchev–Trinajstić information content (AvgIpc) is 3.39. The van der Waals surface area contributed by atoms with Crippen LogP contribution in [0.3, 0.4) is 0 Å². The summed E-state index contributed by atoms with van der Waals surface area (Å²) in [7, 11) is 0. The Balaban J connectivity index is 1.67. The van der Waals surface area contributed by atoms with E-state index in [0.717, 1.165) is 9.75 Å². The highest BCUT2D eigenvalue weighted by atomic mass is 32.1. The molecule has 0 radical (unpaired) electrons. The minimum atomic E-state index is -0.567. The number of ether oxygens (including phenoxy) is 1. The molecule has 5 nitrogen and oxygen atoms in total. The second-order valence-corrected chi connectivity index (χ2v) is 7.79. The molecule has 0 aliphatic heterocycles. The van der Waals surface area contributed by atoms with Crippen molar-refractivity contribution in [3.63, 3.8) is 0 Å². The SMILES string of the molecule is N#Cc1ccsc1NC(=O)COC(=O)/C(=C/c1cccs1)c1cccs1. The fourth-order valence-electron chi connectivity index (χ4n) is 2.04. The molecule has 0 aliphatic rings. The van der Waals surface area contributed by atoms with Crippen LogP contribution in [0, 0.1) is 11.3 Å². The molecule has 0 spiro atoms. The molecular weight excluding hydrogens is 388 g/mol. The fourth-order valence-corrected chi connectivity index (χ4v) is 4.18. The summed E-state index contributed by atoms with van der Waals surface area (Å²) in [6.45, 7) is -0.422. The van der Waals surface area contributed by atoms with Crippen LogP contribution in [-0.2, 0) is 14.3 Å². The highest BCUT2D eigenvalue weighted by Gasteiger charge is 2.17. The van der Waals surface area contributed by atoms with Gasteiger partial charge in [-0.3, -0.25) is 4.79 Å². The molecule has 3 rings (SSSR count). The topological polar surface area (TPSA) is 79.2 Å². The van der Waals surface area contributed by atoms with Crippen LogP contribution in [-0.4, -0.2) is 18.5 Å². The van der Waals surface area contributed by atoms with Gasteiger partial charge in [-0.05, 0) is 40.4 Å². The Morgan fingerprint density at radius 1 is 1.12 bits per heavy atom. The average molecular weight is 401 g/mol. The van der Waals surface area contributed by atoms with E-state index in [2.05, 4.69) is 5.32 Å². The van der Waals surface area contributed by atoms with E-state index >= 15 is 0 Å². The maximum Gasteiger partial charge on any atom is 0.340 e. The van der Waals surface area contributed by atoms with Crippen molar-refractivity contribution in [1.82, 2.24) is 0 Å². The molecule has 3 heterocycles. The molecular formula is C18H12N2O3S3. The van der Waals surface area contributed by atoms with E-state index in [-0.39, 0.29) is 0 Å². The number of carbonyl (C=O) groups excluding carboxylic acids is 2. The maximum absolute atomic E-state index is 12.5. The van der Waals surface area contributed by atoms with E-state index in [1.54, 1.807) is 17.5 Å². The summed E-state index contributed by atoms with van der Waals surface area (Å²) in [6, 6.07) is 11.1. The Morgan fingerprint density at radius 2 is 1.92 bits per heavy atom. The zero-order valence-corrected chi connectivity index (χ0v) is 15.7. The third kappa shape index (κ3) is 4.46. The number of rotatable bonds is 6. The molecule has 130 valence electrons. The van der Waals surface area contributed by atoms with Crippen LogP contribution in [0.2, 0.25) is 0 Å². The zero-order valence-electron chi connectivity index (χ0n) is 13.3. The zero-order chi connectivity index (χ0) is 18.4. The second-order valence-electron chi connectivity index (χ2n) is 4.95. The Bertz CT molecular complexity index is 964. The summed E-state index contributed by atoms with van der Waals surface area (Å²) >= 11 is 4.17. The van der Waals surface area contributed by atoms with E-state index in [1.165, 1.54) is 34.0 Å². The number of amides is 1. The van der Waals surface area contributed by atoms with Crippen molar-refractivity contribution in [2.45, 2.75) is 0 Å². The monoisotopic (exact) mass is 400 g/mol. The summed E-state index contributed by atoms with van der Waals surface area (Å²) in [5, 5.41) is 17.5. The first-order valence-electron chi connectivity index (χ1n) is 7.41. The van der Waals surface area contributed by atoms with Crippen molar-refractivity contribution in [3.8, 4) is 6.07 Å². The third-order valence-electron chi connectivity index (χ3n) is 3.21. The van der Waals surface area contributed by atoms with Gasteiger partial charge in [-0.25, -0.2) is 4.79 Å². The van der Waals surface area contributed by atoms with Gasteiger partial charge in [0.05, 0.1) is 11.1 Å². The molecule has 0 saturated heterocycles. The standard InChI is InChI=1S/C18H12N2O3S3/c19-10-12-5-8-26-17(12)20-16(21)11-23-18(22)14(15-4-2-7-25-15)9-13-3-1-6-24-13/h1-9H,11H2,(H,20,21)/b14-9+. The Hall–Kier alpha value is -2.73. The fraction of sp³-hybridized carbons (Fsp3) is 0.0556. The highest BCUT2D eigenvalue weighted by molar-refractivity contribution is 7.14. The van der Waals surface area contributed by atoms with Crippen molar-refractivity contribution >= 4 is 62.5 Å². The highest BCUT2D eigenvalue weighted by Crippen LogP contribution is 2.26. The number of nitriles is 1. The van der Waals surface area contributed by atoms with E-state index < -0.39 is 18.5 Å². The van der Waals surface area contributed by atoms with E-state index in [1.807, 2.05) is 41.1 Å². The number of hydrogen-bond donors (Lipinski definition) is 1. The van der Waals surface area contributed by atoms with Gasteiger partial charge in [0.1, 0.15) is 11.1 Å². The predicted molar refractivity (Wildman–Crippen MR) is 105 cm³/mol. The van der Waals surface area contributed by atoms with Gasteiger partial charge in [0, 0.05) is 9.75 Å². The lowest BCUT2D eigenvalue weighted by Gasteiger charge is -2.07. The van der Waals surface area contributed by atoms with Crippen LogP contribution in [0.15, 0.2) is 46.5 Å². The molecule has 3 aromatic rings. The van der Waals surface area contributed by atoms with Crippen LogP contribution >= 0.6 is 34.0 Å². The number of carbonyl (C=O) groups is 2. The van der Waals surface area contributed by atoms with Crippen molar-refractivity contribution < 1.29 is 14.3 Å². The van der Waals surface area contributed by atoms with Crippen LogP contribution in [0.1, 0.15) is 15.3 Å². The molecule has 26 heavy (non-hydrogen) atoms. The molecule has 0 bridgehead atoms. The largest absolute Gasteiger partial charge is 0.452 e. The smallest absolute Gasteiger partial charge is 0.340 e. The first-order chi connectivity index (χ1) is 12.7. The first-order valence-corrected chi connectivity index (χ1v) is 10.0. The van der Waals surface area contributed by atoms with Crippen molar-refractivity contribution in [3.05, 3.63) is 61.8 Å². The van der Waals surface area contributed by atoms with Crippen LogP contribution in [0.25, 0.3) is 11.6 Å². The molecule has 1 N–H and O–H groups in total. The van der Waals surface area contributed by atoms with Gasteiger partial charge >= 0.3 is 5.97 Å². The summed E-state index contributed by atoms with van der Waals surface area (Å²) in [5.74, 6) is -1.05. The molecule has 0 saturated carbocycles. The van der Waals surface area contributed by atoms with Crippen LogP contribution in [0.4, 0.5) is 5.00 Å². The molecule has 0 aromatic carbocycles. The summed E-state index contributed by atoms with van der Waals surface area (Å²) in [4.78, 5) is 26.2. The van der Waals surface area contributed by atoms with E-state index in [4.69, 9.17) is 10.00 Å². The third-order valence-corrected chi connectivity index (χ3v) is 5.76. The number of thiophene rings is 3. The summed E-state index contributed by atoms with van der Waals surface area (Å²) in [5.41, 5.74) is 0.788. The number of nitrogens with zero attached hydrogens (tertiary/aromatic N) is 1. The minimum Gasteiger partial charge on any atom is -0.452 e. The van der Waals surface area contributed by atoms with E-state index in [0.29, 0.717) is 16.1 Å². The summed E-state index contributed by atoms with van der Waals surface area (Å²) in [6.07, 6.45) is 1.75. The van der Waals surface area contributed by atoms with Gasteiger partial charge in [0.2, 0.25) is 0 Å². The van der Waals surface area contributed by atoms with Crippen molar-refractivity contribution in [1.29, 1.82) is 5.26 Å². The molecule has 8 heteroatoms. The van der Waals surface area contributed by atoms with Gasteiger partial charge in [-0.15, -0.1) is 34.0 Å². The van der Waals surface area contributed by atoms with Crippen molar-refractivity contribution in [2.75, 3.05) is 11.9 Å². The number of hydrogen-bond acceptors (Lipinski definition) is 7. The van der Waals surface area contributed by atoms with Gasteiger partial charge in [0.15, 0.2) is 6.61 Å². The lowest BCUT2D eigenvalue weighted by Crippen LogP contribution is -2.21.